The van der Waals surface area contributed by atoms with Gasteiger partial charge in [-0.15, -0.1) is 0 Å². The van der Waals surface area contributed by atoms with Gasteiger partial charge in [0.2, 0.25) is 5.91 Å². The first-order valence-corrected chi connectivity index (χ1v) is 8.09. The summed E-state index contributed by atoms with van der Waals surface area (Å²) in [4.78, 5) is 12.1. The van der Waals surface area contributed by atoms with Crippen LogP contribution in [0.25, 0.3) is 0 Å². The van der Waals surface area contributed by atoms with Gasteiger partial charge in [-0.05, 0) is 37.5 Å². The van der Waals surface area contributed by atoms with Crippen LogP contribution in [0.4, 0.5) is 0 Å². The molecule has 1 atom stereocenters. The molecule has 0 aliphatic heterocycles. The lowest BCUT2D eigenvalue weighted by Gasteiger charge is -2.29. The molecule has 1 rings (SSSR count). The van der Waals surface area contributed by atoms with Crippen LogP contribution in [-0.4, -0.2) is 16.8 Å². The molecule has 1 aromatic carbocycles. The Balaban J connectivity index is 2.66. The van der Waals surface area contributed by atoms with E-state index in [-0.39, 0.29) is 11.4 Å². The maximum absolute atomic E-state index is 12.1. The molecule has 1 N–H and O–H groups in total. The van der Waals surface area contributed by atoms with Crippen molar-refractivity contribution in [1.82, 2.24) is 5.32 Å². The van der Waals surface area contributed by atoms with Crippen LogP contribution in [0.15, 0.2) is 18.2 Å². The summed E-state index contributed by atoms with van der Waals surface area (Å²) in [6.07, 6.45) is 2.11. The molecule has 0 saturated heterocycles. The third-order valence-electron chi connectivity index (χ3n) is 3.22. The number of halogens is 3. The van der Waals surface area contributed by atoms with E-state index in [9.17, 15) is 4.79 Å². The minimum atomic E-state index is -0.170. The Hall–Kier alpha value is -0.250. The van der Waals surface area contributed by atoms with E-state index >= 15 is 0 Å². The fraction of sp³-hybridized carbons (Fsp3) is 0.500. The Bertz CT molecular complexity index is 453. The van der Waals surface area contributed by atoms with Gasteiger partial charge in [0.25, 0.3) is 0 Å². The summed E-state index contributed by atoms with van der Waals surface area (Å²) in [5.41, 5.74) is 0.695. The predicted octanol–water partition coefficient (Wildman–Crippen LogP) is 4.61. The predicted molar refractivity (Wildman–Crippen MR) is 85.4 cm³/mol. The number of carbonyl (C=O) groups is 1. The van der Waals surface area contributed by atoms with Crippen LogP contribution >= 0.6 is 39.1 Å². The van der Waals surface area contributed by atoms with Crippen LogP contribution in [0, 0.1) is 0 Å². The van der Waals surface area contributed by atoms with Gasteiger partial charge in [0, 0.05) is 10.9 Å². The van der Waals surface area contributed by atoms with E-state index in [1.54, 1.807) is 12.1 Å². The SMILES string of the molecule is CCC(C)(CCBr)NC(=O)Cc1ccc(Cl)c(Cl)c1. The average molecular weight is 367 g/mol. The van der Waals surface area contributed by atoms with Crippen molar-refractivity contribution in [2.24, 2.45) is 0 Å². The van der Waals surface area contributed by atoms with E-state index in [1.165, 1.54) is 0 Å². The smallest absolute Gasteiger partial charge is 0.224 e. The summed E-state index contributed by atoms with van der Waals surface area (Å²) >= 11 is 15.2. The molecule has 0 aromatic heterocycles. The Morgan fingerprint density at radius 1 is 1.37 bits per heavy atom. The molecule has 19 heavy (non-hydrogen) atoms. The number of hydrogen-bond acceptors (Lipinski definition) is 1. The standard InChI is InChI=1S/C14H18BrCl2NO/c1-3-14(2,6-7-15)18-13(19)9-10-4-5-11(16)12(17)8-10/h4-5,8H,3,6-7,9H2,1-2H3,(H,18,19). The second kappa shape index (κ2) is 7.51. The van der Waals surface area contributed by atoms with Crippen LogP contribution in [0.3, 0.4) is 0 Å². The fourth-order valence-corrected chi connectivity index (χ4v) is 2.95. The molecule has 1 aromatic rings. The van der Waals surface area contributed by atoms with Crippen LogP contribution in [-0.2, 0) is 11.2 Å². The number of rotatable bonds is 6. The molecule has 1 unspecified atom stereocenters. The number of nitrogens with one attached hydrogen (secondary N) is 1. The van der Waals surface area contributed by atoms with E-state index < -0.39 is 0 Å². The molecule has 0 saturated carbocycles. The highest BCUT2D eigenvalue weighted by molar-refractivity contribution is 9.09. The Morgan fingerprint density at radius 2 is 2.05 bits per heavy atom. The van der Waals surface area contributed by atoms with Crippen LogP contribution in [0.2, 0.25) is 10.0 Å². The molecule has 0 fully saturated rings. The second-order valence-electron chi connectivity index (χ2n) is 4.83. The molecule has 0 radical (unpaired) electrons. The normalized spacial score (nSPS) is 13.9. The minimum absolute atomic E-state index is 0.00342. The highest BCUT2D eigenvalue weighted by Crippen LogP contribution is 2.23. The second-order valence-corrected chi connectivity index (χ2v) is 6.43. The quantitative estimate of drug-likeness (QED) is 0.732. The minimum Gasteiger partial charge on any atom is -0.351 e. The third kappa shape index (κ3) is 5.33. The molecule has 106 valence electrons. The highest BCUT2D eigenvalue weighted by atomic mass is 79.9. The fourth-order valence-electron chi connectivity index (χ4n) is 1.75. The van der Waals surface area contributed by atoms with Crippen molar-refractivity contribution in [2.45, 2.75) is 38.6 Å². The number of amides is 1. The van der Waals surface area contributed by atoms with Gasteiger partial charge in [0.15, 0.2) is 0 Å². The van der Waals surface area contributed by atoms with Gasteiger partial charge in [0.05, 0.1) is 16.5 Å². The molecular formula is C14H18BrCl2NO. The average Bonchev–Trinajstić information content (AvgIpc) is 2.34. The van der Waals surface area contributed by atoms with Gasteiger partial charge < -0.3 is 5.32 Å². The molecule has 0 bridgehead atoms. The van der Waals surface area contributed by atoms with Gasteiger partial charge >= 0.3 is 0 Å². The lowest BCUT2D eigenvalue weighted by molar-refractivity contribution is -0.122. The van der Waals surface area contributed by atoms with Crippen molar-refractivity contribution >= 4 is 45.0 Å². The van der Waals surface area contributed by atoms with E-state index in [1.807, 2.05) is 6.07 Å². The van der Waals surface area contributed by atoms with Crippen molar-refractivity contribution in [3.05, 3.63) is 33.8 Å². The largest absolute Gasteiger partial charge is 0.351 e. The maximum atomic E-state index is 12.1. The Kier molecular flexibility index (Phi) is 6.64. The van der Waals surface area contributed by atoms with Crippen molar-refractivity contribution < 1.29 is 4.79 Å². The van der Waals surface area contributed by atoms with Crippen molar-refractivity contribution in [1.29, 1.82) is 0 Å². The van der Waals surface area contributed by atoms with Gasteiger partial charge in [0.1, 0.15) is 0 Å². The summed E-state index contributed by atoms with van der Waals surface area (Å²) in [6.45, 7) is 4.13. The monoisotopic (exact) mass is 365 g/mol. The number of carbonyl (C=O) groups excluding carboxylic acids is 1. The summed E-state index contributed by atoms with van der Waals surface area (Å²) in [5.74, 6) is 0.00342. The number of benzene rings is 1. The molecule has 0 aliphatic rings. The number of alkyl halides is 1. The molecule has 0 aliphatic carbocycles. The molecule has 5 heteroatoms. The van der Waals surface area contributed by atoms with Crippen molar-refractivity contribution in [3.63, 3.8) is 0 Å². The first-order chi connectivity index (χ1) is 8.90. The summed E-state index contributed by atoms with van der Waals surface area (Å²) in [5, 5.41) is 4.93. The highest BCUT2D eigenvalue weighted by Gasteiger charge is 2.23. The zero-order valence-electron chi connectivity index (χ0n) is 11.1. The first kappa shape index (κ1) is 16.8. The molecule has 0 heterocycles. The van der Waals surface area contributed by atoms with Gasteiger partial charge in [-0.1, -0.05) is 52.1 Å². The first-order valence-electron chi connectivity index (χ1n) is 6.21. The topological polar surface area (TPSA) is 29.1 Å². The molecule has 2 nitrogen and oxygen atoms in total. The third-order valence-corrected chi connectivity index (χ3v) is 4.35. The van der Waals surface area contributed by atoms with Crippen LogP contribution < -0.4 is 5.32 Å². The lowest BCUT2D eigenvalue weighted by atomic mass is 9.95. The zero-order chi connectivity index (χ0) is 14.5. The van der Waals surface area contributed by atoms with E-state index in [0.717, 1.165) is 23.7 Å². The van der Waals surface area contributed by atoms with Gasteiger partial charge in [-0.3, -0.25) is 4.79 Å². The van der Waals surface area contributed by atoms with E-state index in [4.69, 9.17) is 23.2 Å². The number of hydrogen-bond donors (Lipinski definition) is 1. The van der Waals surface area contributed by atoms with E-state index in [2.05, 4.69) is 35.1 Å². The zero-order valence-corrected chi connectivity index (χ0v) is 14.2. The summed E-state index contributed by atoms with van der Waals surface area (Å²) in [7, 11) is 0. The summed E-state index contributed by atoms with van der Waals surface area (Å²) in [6, 6.07) is 5.27. The maximum Gasteiger partial charge on any atom is 0.224 e. The molecular weight excluding hydrogens is 349 g/mol. The lowest BCUT2D eigenvalue weighted by Crippen LogP contribution is -2.46. The van der Waals surface area contributed by atoms with E-state index in [0.29, 0.717) is 16.5 Å². The Labute approximate surface area is 133 Å². The van der Waals surface area contributed by atoms with Crippen molar-refractivity contribution in [2.75, 3.05) is 5.33 Å². The van der Waals surface area contributed by atoms with Crippen molar-refractivity contribution in [3.8, 4) is 0 Å². The Morgan fingerprint density at radius 3 is 2.58 bits per heavy atom. The van der Waals surface area contributed by atoms with Crippen LogP contribution in [0.1, 0.15) is 32.3 Å². The van der Waals surface area contributed by atoms with Crippen LogP contribution in [0.5, 0.6) is 0 Å². The summed E-state index contributed by atoms with van der Waals surface area (Å²) < 4.78 is 0. The van der Waals surface area contributed by atoms with Gasteiger partial charge in [-0.25, -0.2) is 0 Å². The molecule has 1 amide bonds. The van der Waals surface area contributed by atoms with Gasteiger partial charge in [-0.2, -0.15) is 0 Å². The molecule has 0 spiro atoms.